The van der Waals surface area contributed by atoms with Crippen molar-refractivity contribution in [2.24, 2.45) is 0 Å². The maximum absolute atomic E-state index is 12.9. The summed E-state index contributed by atoms with van der Waals surface area (Å²) in [5, 5.41) is 0. The van der Waals surface area contributed by atoms with Crippen LogP contribution in [0.1, 0.15) is 11.1 Å². The van der Waals surface area contributed by atoms with Gasteiger partial charge >= 0.3 is 0 Å². The zero-order valence-electron chi connectivity index (χ0n) is 18.9. The summed E-state index contributed by atoms with van der Waals surface area (Å²) in [5.41, 5.74) is 3.38. The molecule has 0 unspecified atom stereocenters. The molecule has 0 bridgehead atoms. The van der Waals surface area contributed by atoms with Gasteiger partial charge in [0.15, 0.2) is 11.5 Å². The smallest absolute Gasteiger partial charge is 0.246 e. The lowest BCUT2D eigenvalue weighted by Gasteiger charge is -2.18. The SMILES string of the molecule is COc1ccc(C=CC(=O)N2CCOc3c(cc(-c4cccc(OC)n4)cc3OC)C2)cc1. The molecule has 0 saturated carbocycles. The van der Waals surface area contributed by atoms with Gasteiger partial charge in [-0.2, -0.15) is 0 Å². The van der Waals surface area contributed by atoms with E-state index in [1.54, 1.807) is 44.4 Å². The molecule has 0 saturated heterocycles. The summed E-state index contributed by atoms with van der Waals surface area (Å²) in [6, 6.07) is 17.0. The number of methoxy groups -OCH3 is 3. The van der Waals surface area contributed by atoms with Gasteiger partial charge in [0.2, 0.25) is 11.8 Å². The maximum atomic E-state index is 12.9. The summed E-state index contributed by atoms with van der Waals surface area (Å²) >= 11 is 0. The van der Waals surface area contributed by atoms with E-state index in [9.17, 15) is 4.79 Å². The molecular formula is C26H26N2O5. The monoisotopic (exact) mass is 446 g/mol. The lowest BCUT2D eigenvalue weighted by Crippen LogP contribution is -2.30. The first-order valence-electron chi connectivity index (χ1n) is 10.6. The minimum atomic E-state index is -0.0915. The van der Waals surface area contributed by atoms with Crippen LogP contribution in [0, 0.1) is 0 Å². The van der Waals surface area contributed by atoms with Crippen LogP contribution in [0.25, 0.3) is 17.3 Å². The maximum Gasteiger partial charge on any atom is 0.246 e. The molecule has 170 valence electrons. The second-order valence-electron chi connectivity index (χ2n) is 7.45. The fourth-order valence-electron chi connectivity index (χ4n) is 3.65. The van der Waals surface area contributed by atoms with Crippen LogP contribution >= 0.6 is 0 Å². The Bertz CT molecular complexity index is 1160. The number of carbonyl (C=O) groups is 1. The van der Waals surface area contributed by atoms with Crippen LogP contribution in [-0.4, -0.2) is 50.3 Å². The van der Waals surface area contributed by atoms with Gasteiger partial charge in [0.25, 0.3) is 0 Å². The topological polar surface area (TPSA) is 70.1 Å². The molecule has 3 aromatic rings. The largest absolute Gasteiger partial charge is 0.497 e. The molecule has 4 rings (SSSR count). The van der Waals surface area contributed by atoms with E-state index in [4.69, 9.17) is 18.9 Å². The van der Waals surface area contributed by atoms with Gasteiger partial charge in [-0.3, -0.25) is 4.79 Å². The average Bonchev–Trinajstić information content (AvgIpc) is 3.09. The van der Waals surface area contributed by atoms with Crippen LogP contribution in [0.4, 0.5) is 0 Å². The predicted octanol–water partition coefficient (Wildman–Crippen LogP) is 4.21. The number of pyridine rings is 1. The van der Waals surface area contributed by atoms with E-state index >= 15 is 0 Å². The Morgan fingerprint density at radius 3 is 2.58 bits per heavy atom. The highest BCUT2D eigenvalue weighted by atomic mass is 16.5. The number of rotatable bonds is 6. The molecule has 1 aromatic heterocycles. The number of fused-ring (bicyclic) bond motifs is 1. The molecule has 7 nitrogen and oxygen atoms in total. The Morgan fingerprint density at radius 1 is 1.03 bits per heavy atom. The summed E-state index contributed by atoms with van der Waals surface area (Å²) in [7, 11) is 4.81. The molecule has 1 aliphatic heterocycles. The summed E-state index contributed by atoms with van der Waals surface area (Å²) in [6.45, 7) is 1.24. The Labute approximate surface area is 193 Å². The summed E-state index contributed by atoms with van der Waals surface area (Å²) in [4.78, 5) is 19.2. The summed E-state index contributed by atoms with van der Waals surface area (Å²) in [6.07, 6.45) is 3.38. The highest BCUT2D eigenvalue weighted by Crippen LogP contribution is 2.38. The first-order chi connectivity index (χ1) is 16.1. The Morgan fingerprint density at radius 2 is 1.85 bits per heavy atom. The molecular weight excluding hydrogens is 420 g/mol. The third kappa shape index (κ3) is 5.09. The lowest BCUT2D eigenvalue weighted by atomic mass is 10.0. The molecule has 1 amide bonds. The number of amides is 1. The Hall–Kier alpha value is -4.00. The molecule has 33 heavy (non-hydrogen) atoms. The fourth-order valence-corrected chi connectivity index (χ4v) is 3.65. The van der Waals surface area contributed by atoms with Crippen molar-refractivity contribution in [3.05, 3.63) is 71.8 Å². The van der Waals surface area contributed by atoms with Gasteiger partial charge in [-0.05, 0) is 42.0 Å². The molecule has 7 heteroatoms. The molecule has 0 aliphatic carbocycles. The average molecular weight is 447 g/mol. The van der Waals surface area contributed by atoms with Gasteiger partial charge in [0, 0.05) is 29.8 Å². The number of carbonyl (C=O) groups excluding carboxylic acids is 1. The van der Waals surface area contributed by atoms with Crippen molar-refractivity contribution < 1.29 is 23.7 Å². The zero-order valence-corrected chi connectivity index (χ0v) is 18.9. The van der Waals surface area contributed by atoms with Gasteiger partial charge in [-0.25, -0.2) is 4.98 Å². The minimum Gasteiger partial charge on any atom is -0.497 e. The Balaban J connectivity index is 1.59. The number of aromatic nitrogens is 1. The van der Waals surface area contributed by atoms with Gasteiger partial charge in [0.05, 0.1) is 33.6 Å². The zero-order chi connectivity index (χ0) is 23.2. The lowest BCUT2D eigenvalue weighted by molar-refractivity contribution is -0.126. The first-order valence-corrected chi connectivity index (χ1v) is 10.6. The van der Waals surface area contributed by atoms with E-state index < -0.39 is 0 Å². The number of ether oxygens (including phenoxy) is 4. The molecule has 0 fully saturated rings. The van der Waals surface area contributed by atoms with Crippen LogP contribution in [0.5, 0.6) is 23.1 Å². The molecule has 1 aliphatic rings. The summed E-state index contributed by atoms with van der Waals surface area (Å²) in [5.74, 6) is 2.47. The fraction of sp³-hybridized carbons (Fsp3) is 0.231. The van der Waals surface area contributed by atoms with Crippen LogP contribution in [0.3, 0.4) is 0 Å². The molecule has 0 N–H and O–H groups in total. The van der Waals surface area contributed by atoms with Gasteiger partial charge < -0.3 is 23.8 Å². The van der Waals surface area contributed by atoms with E-state index in [-0.39, 0.29) is 5.91 Å². The predicted molar refractivity (Wildman–Crippen MR) is 126 cm³/mol. The van der Waals surface area contributed by atoms with Gasteiger partial charge in [0.1, 0.15) is 12.4 Å². The highest BCUT2D eigenvalue weighted by molar-refractivity contribution is 5.92. The van der Waals surface area contributed by atoms with E-state index in [2.05, 4.69) is 4.98 Å². The molecule has 2 aromatic carbocycles. The highest BCUT2D eigenvalue weighted by Gasteiger charge is 2.23. The van der Waals surface area contributed by atoms with E-state index in [1.165, 1.54) is 0 Å². The third-order valence-electron chi connectivity index (χ3n) is 5.39. The van der Waals surface area contributed by atoms with Crippen molar-refractivity contribution in [1.82, 2.24) is 9.88 Å². The second kappa shape index (κ2) is 10.1. The second-order valence-corrected chi connectivity index (χ2v) is 7.45. The van der Waals surface area contributed by atoms with E-state index in [0.717, 1.165) is 28.1 Å². The molecule has 2 heterocycles. The first kappa shape index (κ1) is 22.2. The van der Waals surface area contributed by atoms with Crippen LogP contribution in [-0.2, 0) is 11.3 Å². The van der Waals surface area contributed by atoms with Gasteiger partial charge in [-0.15, -0.1) is 0 Å². The molecule has 0 radical (unpaired) electrons. The number of benzene rings is 2. The summed E-state index contributed by atoms with van der Waals surface area (Å²) < 4.78 is 22.0. The quantitative estimate of drug-likeness (QED) is 0.529. The Kier molecular flexibility index (Phi) is 6.78. The van der Waals surface area contributed by atoms with Crippen molar-refractivity contribution in [3.8, 4) is 34.4 Å². The van der Waals surface area contributed by atoms with Crippen LogP contribution in [0.15, 0.2) is 60.7 Å². The number of hydrogen-bond acceptors (Lipinski definition) is 6. The molecule has 0 atom stereocenters. The van der Waals surface area contributed by atoms with Crippen molar-refractivity contribution in [2.75, 3.05) is 34.5 Å². The van der Waals surface area contributed by atoms with Crippen molar-refractivity contribution in [1.29, 1.82) is 0 Å². The van der Waals surface area contributed by atoms with Gasteiger partial charge in [-0.1, -0.05) is 18.2 Å². The van der Waals surface area contributed by atoms with Crippen molar-refractivity contribution in [3.63, 3.8) is 0 Å². The van der Waals surface area contributed by atoms with Crippen LogP contribution in [0.2, 0.25) is 0 Å². The molecule has 0 spiro atoms. The van der Waals surface area contributed by atoms with E-state index in [0.29, 0.717) is 37.1 Å². The standard InChI is InChI=1S/C26H26N2O5/c1-30-21-10-7-18(8-11-21)9-12-25(29)28-13-14-33-26-20(17-28)15-19(16-23(26)31-2)22-5-4-6-24(27-22)32-3/h4-12,15-16H,13-14,17H2,1-3H3. The van der Waals surface area contributed by atoms with Crippen LogP contribution < -0.4 is 18.9 Å². The van der Waals surface area contributed by atoms with Crippen molar-refractivity contribution in [2.45, 2.75) is 6.54 Å². The third-order valence-corrected chi connectivity index (χ3v) is 5.39. The van der Waals surface area contributed by atoms with Crippen molar-refractivity contribution >= 4 is 12.0 Å². The normalized spacial score (nSPS) is 13.1. The minimum absolute atomic E-state index is 0.0915. The number of nitrogens with zero attached hydrogens (tertiary/aromatic N) is 2. The van der Waals surface area contributed by atoms with E-state index in [1.807, 2.05) is 48.5 Å². The number of hydrogen-bond donors (Lipinski definition) is 0.